The summed E-state index contributed by atoms with van der Waals surface area (Å²) in [6.07, 6.45) is 8.10. The Kier molecular flexibility index (Phi) is 2.50. The molecule has 2 heteroatoms. The van der Waals surface area contributed by atoms with Crippen LogP contribution in [0.25, 0.3) is 5.57 Å². The molecule has 1 spiro atoms. The number of hydrogen-bond donors (Lipinski definition) is 1. The Bertz CT molecular complexity index is 455. The standard InChI is InChI=1S/C15H17NO/c17-14-13(12-7-3-1-4-8-12)11-15(16-14)9-5-2-6-10-15/h1,3-4,7-8,11H,2,5-6,9-10H2,(H,16,17). The van der Waals surface area contributed by atoms with Gasteiger partial charge in [-0.2, -0.15) is 0 Å². The highest BCUT2D eigenvalue weighted by Crippen LogP contribution is 2.36. The molecule has 0 aromatic heterocycles. The smallest absolute Gasteiger partial charge is 0.252 e. The second-order valence-electron chi connectivity index (χ2n) is 5.09. The minimum Gasteiger partial charge on any atom is -0.343 e. The van der Waals surface area contributed by atoms with Crippen molar-refractivity contribution in [2.24, 2.45) is 0 Å². The molecule has 1 fully saturated rings. The van der Waals surface area contributed by atoms with Crippen LogP contribution in [0.3, 0.4) is 0 Å². The molecule has 0 unspecified atom stereocenters. The van der Waals surface area contributed by atoms with E-state index in [1.54, 1.807) is 0 Å². The summed E-state index contributed by atoms with van der Waals surface area (Å²) in [6.45, 7) is 0. The summed E-state index contributed by atoms with van der Waals surface area (Å²) in [6, 6.07) is 9.96. The summed E-state index contributed by atoms with van der Waals surface area (Å²) >= 11 is 0. The fourth-order valence-corrected chi connectivity index (χ4v) is 2.96. The third kappa shape index (κ3) is 1.88. The second-order valence-corrected chi connectivity index (χ2v) is 5.09. The van der Waals surface area contributed by atoms with E-state index < -0.39 is 0 Å². The summed E-state index contributed by atoms with van der Waals surface area (Å²) in [5.41, 5.74) is 1.85. The van der Waals surface area contributed by atoms with Gasteiger partial charge in [0.25, 0.3) is 5.91 Å². The van der Waals surface area contributed by atoms with Crippen LogP contribution in [0.15, 0.2) is 36.4 Å². The highest BCUT2D eigenvalue weighted by atomic mass is 16.2. The van der Waals surface area contributed by atoms with Crippen LogP contribution >= 0.6 is 0 Å². The van der Waals surface area contributed by atoms with Crippen molar-refractivity contribution in [1.29, 1.82) is 0 Å². The molecule has 0 atom stereocenters. The van der Waals surface area contributed by atoms with Crippen LogP contribution in [-0.2, 0) is 4.79 Å². The number of carbonyl (C=O) groups excluding carboxylic acids is 1. The minimum absolute atomic E-state index is 0.0412. The highest BCUT2D eigenvalue weighted by Gasteiger charge is 2.38. The van der Waals surface area contributed by atoms with Gasteiger partial charge in [0.2, 0.25) is 0 Å². The molecular weight excluding hydrogens is 210 g/mol. The molecule has 0 bridgehead atoms. The maximum atomic E-state index is 12.1. The lowest BCUT2D eigenvalue weighted by molar-refractivity contribution is -0.116. The van der Waals surface area contributed by atoms with Gasteiger partial charge in [-0.1, -0.05) is 49.6 Å². The molecule has 1 aliphatic carbocycles. The molecule has 2 aliphatic rings. The van der Waals surface area contributed by atoms with Crippen molar-refractivity contribution in [3.05, 3.63) is 42.0 Å². The van der Waals surface area contributed by atoms with E-state index in [1.165, 1.54) is 19.3 Å². The normalized spacial score (nSPS) is 22.4. The predicted octanol–water partition coefficient (Wildman–Crippen LogP) is 2.90. The maximum absolute atomic E-state index is 12.1. The first-order valence-electron chi connectivity index (χ1n) is 6.40. The number of benzene rings is 1. The summed E-state index contributed by atoms with van der Waals surface area (Å²) in [4.78, 5) is 12.1. The molecule has 17 heavy (non-hydrogen) atoms. The van der Waals surface area contributed by atoms with Crippen molar-refractivity contribution in [2.75, 3.05) is 0 Å². The molecule has 1 aromatic rings. The number of carbonyl (C=O) groups is 1. The van der Waals surface area contributed by atoms with Crippen molar-refractivity contribution in [3.63, 3.8) is 0 Å². The average molecular weight is 227 g/mol. The molecule has 1 aromatic carbocycles. The average Bonchev–Trinajstić information content (AvgIpc) is 2.68. The molecule has 2 nitrogen and oxygen atoms in total. The number of rotatable bonds is 1. The number of hydrogen-bond acceptors (Lipinski definition) is 1. The van der Waals surface area contributed by atoms with Crippen molar-refractivity contribution in [3.8, 4) is 0 Å². The van der Waals surface area contributed by atoms with Gasteiger partial charge in [-0.15, -0.1) is 0 Å². The minimum atomic E-state index is -0.0412. The van der Waals surface area contributed by atoms with Gasteiger partial charge >= 0.3 is 0 Å². The molecule has 0 saturated heterocycles. The predicted molar refractivity (Wildman–Crippen MR) is 68.4 cm³/mol. The molecular formula is C15H17NO. The van der Waals surface area contributed by atoms with Crippen molar-refractivity contribution in [2.45, 2.75) is 37.6 Å². The van der Waals surface area contributed by atoms with Gasteiger partial charge in [-0.25, -0.2) is 0 Å². The molecule has 88 valence electrons. The Labute approximate surface area is 102 Å². The third-order valence-corrected chi connectivity index (χ3v) is 3.86. The van der Waals surface area contributed by atoms with E-state index in [9.17, 15) is 4.79 Å². The van der Waals surface area contributed by atoms with E-state index in [2.05, 4.69) is 11.4 Å². The summed E-state index contributed by atoms with van der Waals surface area (Å²) < 4.78 is 0. The molecule has 1 heterocycles. The van der Waals surface area contributed by atoms with Crippen LogP contribution < -0.4 is 5.32 Å². The first-order valence-corrected chi connectivity index (χ1v) is 6.40. The Hall–Kier alpha value is -1.57. The Morgan fingerprint density at radius 3 is 2.41 bits per heavy atom. The maximum Gasteiger partial charge on any atom is 0.252 e. The molecule has 1 saturated carbocycles. The van der Waals surface area contributed by atoms with Gasteiger partial charge in [0, 0.05) is 5.57 Å². The van der Waals surface area contributed by atoms with Gasteiger partial charge in [0.1, 0.15) is 0 Å². The van der Waals surface area contributed by atoms with E-state index in [4.69, 9.17) is 0 Å². The Morgan fingerprint density at radius 1 is 1.00 bits per heavy atom. The summed E-state index contributed by atoms with van der Waals surface area (Å²) in [5, 5.41) is 3.19. The fraction of sp³-hybridized carbons (Fsp3) is 0.400. The van der Waals surface area contributed by atoms with Crippen molar-refractivity contribution >= 4 is 11.5 Å². The van der Waals surface area contributed by atoms with Crippen molar-refractivity contribution in [1.82, 2.24) is 5.32 Å². The molecule has 1 amide bonds. The highest BCUT2D eigenvalue weighted by molar-refractivity contribution is 6.22. The van der Waals surface area contributed by atoms with E-state index in [1.807, 2.05) is 30.3 Å². The van der Waals surface area contributed by atoms with Gasteiger partial charge in [-0.05, 0) is 24.5 Å². The lowest BCUT2D eigenvalue weighted by atomic mass is 9.82. The van der Waals surface area contributed by atoms with Crippen LogP contribution in [0.5, 0.6) is 0 Å². The lowest BCUT2D eigenvalue weighted by Crippen LogP contribution is -2.43. The largest absolute Gasteiger partial charge is 0.343 e. The lowest BCUT2D eigenvalue weighted by Gasteiger charge is -2.31. The zero-order valence-electron chi connectivity index (χ0n) is 9.91. The van der Waals surface area contributed by atoms with E-state index >= 15 is 0 Å². The second kappa shape index (κ2) is 4.02. The third-order valence-electron chi connectivity index (χ3n) is 3.86. The first-order chi connectivity index (χ1) is 8.29. The van der Waals surface area contributed by atoms with Crippen LogP contribution in [0.2, 0.25) is 0 Å². The SMILES string of the molecule is O=C1NC2(C=C1c1ccccc1)CCCCC2. The zero-order chi connectivity index (χ0) is 11.7. The van der Waals surface area contributed by atoms with Crippen LogP contribution in [0, 0.1) is 0 Å². The van der Waals surface area contributed by atoms with Crippen LogP contribution in [0.4, 0.5) is 0 Å². The summed E-state index contributed by atoms with van der Waals surface area (Å²) in [5.74, 6) is 0.0955. The summed E-state index contributed by atoms with van der Waals surface area (Å²) in [7, 11) is 0. The quantitative estimate of drug-likeness (QED) is 0.785. The van der Waals surface area contributed by atoms with Gasteiger partial charge in [0.15, 0.2) is 0 Å². The van der Waals surface area contributed by atoms with E-state index in [0.29, 0.717) is 0 Å². The zero-order valence-corrected chi connectivity index (χ0v) is 9.91. The monoisotopic (exact) mass is 227 g/mol. The molecule has 0 radical (unpaired) electrons. The van der Waals surface area contributed by atoms with E-state index in [-0.39, 0.29) is 11.4 Å². The first kappa shape index (κ1) is 10.6. The number of amides is 1. The van der Waals surface area contributed by atoms with Crippen molar-refractivity contribution < 1.29 is 4.79 Å². The van der Waals surface area contributed by atoms with Gasteiger partial charge < -0.3 is 5.32 Å². The van der Waals surface area contributed by atoms with Gasteiger partial charge in [0.05, 0.1) is 5.54 Å². The van der Waals surface area contributed by atoms with Crippen LogP contribution in [0.1, 0.15) is 37.7 Å². The number of nitrogens with one attached hydrogen (secondary N) is 1. The molecule has 3 rings (SSSR count). The fourth-order valence-electron chi connectivity index (χ4n) is 2.96. The van der Waals surface area contributed by atoms with Gasteiger partial charge in [-0.3, -0.25) is 4.79 Å². The molecule has 1 N–H and O–H groups in total. The van der Waals surface area contributed by atoms with Crippen LogP contribution in [-0.4, -0.2) is 11.4 Å². The Morgan fingerprint density at radius 2 is 1.71 bits per heavy atom. The topological polar surface area (TPSA) is 29.1 Å². The molecule has 1 aliphatic heterocycles. The van der Waals surface area contributed by atoms with E-state index in [0.717, 1.165) is 24.0 Å². The Balaban J connectivity index is 1.94.